The molecule has 0 unspecified atom stereocenters. The summed E-state index contributed by atoms with van der Waals surface area (Å²) in [5.74, 6) is 0.713. The molecule has 1 aromatic heterocycles. The summed E-state index contributed by atoms with van der Waals surface area (Å²) >= 11 is 5.96. The highest BCUT2D eigenvalue weighted by Gasteiger charge is 2.00. The first kappa shape index (κ1) is 9.09. The summed E-state index contributed by atoms with van der Waals surface area (Å²) in [6.45, 7) is 0.458. The van der Waals surface area contributed by atoms with Crippen LogP contribution in [0.25, 0.3) is 0 Å². The number of aromatic nitrogens is 2. The first-order valence-electron chi connectivity index (χ1n) is 4.21. The Labute approximate surface area is 86.7 Å². The molecular formula is C10H9ClN2O. The molecule has 0 aliphatic heterocycles. The van der Waals surface area contributed by atoms with Gasteiger partial charge in [-0.25, -0.2) is 0 Å². The quantitative estimate of drug-likeness (QED) is 0.842. The maximum Gasteiger partial charge on any atom is 0.157 e. The molecule has 0 bridgehead atoms. The molecule has 4 heteroatoms. The molecule has 0 aliphatic carbocycles. The Morgan fingerprint density at radius 1 is 1.36 bits per heavy atom. The Balaban J connectivity index is 2.02. The van der Waals surface area contributed by atoms with Gasteiger partial charge in [0.2, 0.25) is 0 Å². The normalized spacial score (nSPS) is 10.1. The molecule has 3 nitrogen and oxygen atoms in total. The molecule has 0 atom stereocenters. The molecule has 0 aliphatic rings. The number of H-pyrrole nitrogens is 1. The molecule has 0 amide bonds. The third-order valence-electron chi connectivity index (χ3n) is 1.83. The highest BCUT2D eigenvalue weighted by atomic mass is 35.5. The Morgan fingerprint density at radius 3 is 2.93 bits per heavy atom. The highest BCUT2D eigenvalue weighted by molar-refractivity contribution is 6.31. The average Bonchev–Trinajstić information content (AvgIpc) is 2.69. The van der Waals surface area contributed by atoms with E-state index >= 15 is 0 Å². The van der Waals surface area contributed by atoms with Crippen LogP contribution in [0.2, 0.25) is 5.02 Å². The van der Waals surface area contributed by atoms with E-state index in [0.29, 0.717) is 12.4 Å². The maximum atomic E-state index is 5.96. The van der Waals surface area contributed by atoms with Crippen molar-refractivity contribution in [2.75, 3.05) is 0 Å². The van der Waals surface area contributed by atoms with Gasteiger partial charge in [0.1, 0.15) is 6.61 Å². The number of nitrogens with zero attached hydrogens (tertiary/aromatic N) is 1. The third-order valence-corrected chi connectivity index (χ3v) is 2.19. The van der Waals surface area contributed by atoms with Gasteiger partial charge < -0.3 is 4.74 Å². The third kappa shape index (κ3) is 2.06. The van der Waals surface area contributed by atoms with Crippen LogP contribution in [0.3, 0.4) is 0 Å². The number of aromatic amines is 1. The molecule has 2 aromatic rings. The fourth-order valence-corrected chi connectivity index (χ4v) is 1.28. The zero-order valence-electron chi connectivity index (χ0n) is 7.40. The number of hydrogen-bond acceptors (Lipinski definition) is 2. The molecule has 1 aromatic carbocycles. The van der Waals surface area contributed by atoms with Crippen molar-refractivity contribution in [2.45, 2.75) is 6.61 Å². The van der Waals surface area contributed by atoms with Gasteiger partial charge in [-0.3, -0.25) is 5.10 Å². The summed E-state index contributed by atoms with van der Waals surface area (Å²) in [7, 11) is 0. The Hall–Kier alpha value is -1.48. The predicted molar refractivity (Wildman–Crippen MR) is 54.4 cm³/mol. The van der Waals surface area contributed by atoms with Gasteiger partial charge in [0, 0.05) is 10.6 Å². The first-order chi connectivity index (χ1) is 6.86. The van der Waals surface area contributed by atoms with Gasteiger partial charge in [0.05, 0.1) is 12.4 Å². The van der Waals surface area contributed by atoms with Crippen LogP contribution in [0, 0.1) is 0 Å². The van der Waals surface area contributed by atoms with Gasteiger partial charge >= 0.3 is 0 Å². The number of rotatable bonds is 3. The lowest BCUT2D eigenvalue weighted by molar-refractivity contribution is 0.306. The van der Waals surface area contributed by atoms with Gasteiger partial charge in [0.15, 0.2) is 5.75 Å². The van der Waals surface area contributed by atoms with Gasteiger partial charge in [0.25, 0.3) is 0 Å². The van der Waals surface area contributed by atoms with E-state index in [1.165, 1.54) is 0 Å². The van der Waals surface area contributed by atoms with E-state index in [1.807, 2.05) is 24.3 Å². The van der Waals surface area contributed by atoms with Gasteiger partial charge in [-0.2, -0.15) is 5.10 Å². The summed E-state index contributed by atoms with van der Waals surface area (Å²) in [4.78, 5) is 0. The van der Waals surface area contributed by atoms with E-state index in [-0.39, 0.29) is 0 Å². The van der Waals surface area contributed by atoms with Crippen LogP contribution in [-0.4, -0.2) is 10.2 Å². The average molecular weight is 209 g/mol. The Morgan fingerprint density at radius 2 is 2.21 bits per heavy atom. The lowest BCUT2D eigenvalue weighted by Gasteiger charge is -2.04. The predicted octanol–water partition coefficient (Wildman–Crippen LogP) is 2.64. The van der Waals surface area contributed by atoms with Crippen LogP contribution in [0.1, 0.15) is 5.56 Å². The number of nitrogens with one attached hydrogen (secondary N) is 1. The lowest BCUT2D eigenvalue weighted by atomic mass is 10.2. The van der Waals surface area contributed by atoms with E-state index in [9.17, 15) is 0 Å². The van der Waals surface area contributed by atoms with E-state index < -0.39 is 0 Å². The lowest BCUT2D eigenvalue weighted by Crippen LogP contribution is -1.94. The van der Waals surface area contributed by atoms with Crippen molar-refractivity contribution in [1.82, 2.24) is 10.2 Å². The summed E-state index contributed by atoms with van der Waals surface area (Å²) in [5, 5.41) is 7.17. The minimum atomic E-state index is 0.458. The molecule has 0 fully saturated rings. The molecule has 2 rings (SSSR count). The van der Waals surface area contributed by atoms with Gasteiger partial charge in [-0.1, -0.05) is 29.8 Å². The van der Waals surface area contributed by atoms with Crippen molar-refractivity contribution < 1.29 is 4.74 Å². The minimum Gasteiger partial charge on any atom is -0.486 e. The fourth-order valence-electron chi connectivity index (χ4n) is 1.09. The second-order valence-corrected chi connectivity index (χ2v) is 3.22. The number of halogens is 1. The topological polar surface area (TPSA) is 37.9 Å². The van der Waals surface area contributed by atoms with Crippen molar-refractivity contribution in [3.05, 3.63) is 47.2 Å². The highest BCUT2D eigenvalue weighted by Crippen LogP contribution is 2.17. The largest absolute Gasteiger partial charge is 0.486 e. The van der Waals surface area contributed by atoms with Gasteiger partial charge in [-0.05, 0) is 6.07 Å². The van der Waals surface area contributed by atoms with E-state index in [1.54, 1.807) is 12.4 Å². The molecule has 0 spiro atoms. The smallest absolute Gasteiger partial charge is 0.157 e. The van der Waals surface area contributed by atoms with Crippen LogP contribution in [-0.2, 0) is 6.61 Å². The molecule has 1 heterocycles. The van der Waals surface area contributed by atoms with E-state index in [4.69, 9.17) is 16.3 Å². The van der Waals surface area contributed by atoms with Gasteiger partial charge in [-0.15, -0.1) is 0 Å². The van der Waals surface area contributed by atoms with E-state index in [0.717, 1.165) is 10.6 Å². The standard InChI is InChI=1S/C10H9ClN2O/c11-10-4-2-1-3-8(10)7-14-9-5-12-13-6-9/h1-6H,7H2,(H,12,13). The number of benzene rings is 1. The first-order valence-corrected chi connectivity index (χ1v) is 4.59. The zero-order valence-corrected chi connectivity index (χ0v) is 8.16. The summed E-state index contributed by atoms with van der Waals surface area (Å²) in [6, 6.07) is 7.60. The zero-order chi connectivity index (χ0) is 9.80. The Bertz CT molecular complexity index is 400. The van der Waals surface area contributed by atoms with Crippen molar-refractivity contribution in [1.29, 1.82) is 0 Å². The monoisotopic (exact) mass is 208 g/mol. The minimum absolute atomic E-state index is 0.458. The number of ether oxygens (including phenoxy) is 1. The molecule has 14 heavy (non-hydrogen) atoms. The van der Waals surface area contributed by atoms with Crippen molar-refractivity contribution in [3.63, 3.8) is 0 Å². The van der Waals surface area contributed by atoms with Crippen LogP contribution >= 0.6 is 11.6 Å². The Kier molecular flexibility index (Phi) is 2.70. The van der Waals surface area contributed by atoms with Crippen molar-refractivity contribution >= 4 is 11.6 Å². The summed E-state index contributed by atoms with van der Waals surface area (Å²) in [6.07, 6.45) is 3.31. The number of hydrogen-bond donors (Lipinski definition) is 1. The fraction of sp³-hybridized carbons (Fsp3) is 0.100. The van der Waals surface area contributed by atoms with Crippen LogP contribution in [0.5, 0.6) is 5.75 Å². The van der Waals surface area contributed by atoms with E-state index in [2.05, 4.69) is 10.2 Å². The molecule has 0 saturated carbocycles. The summed E-state index contributed by atoms with van der Waals surface area (Å²) < 4.78 is 5.43. The molecule has 0 radical (unpaired) electrons. The van der Waals surface area contributed by atoms with Crippen LogP contribution < -0.4 is 4.74 Å². The molecule has 72 valence electrons. The molecule has 0 saturated heterocycles. The molecular weight excluding hydrogens is 200 g/mol. The second kappa shape index (κ2) is 4.15. The van der Waals surface area contributed by atoms with Crippen LogP contribution in [0.4, 0.5) is 0 Å². The van der Waals surface area contributed by atoms with Crippen LogP contribution in [0.15, 0.2) is 36.7 Å². The van der Waals surface area contributed by atoms with Crippen molar-refractivity contribution in [3.8, 4) is 5.75 Å². The maximum absolute atomic E-state index is 5.96. The SMILES string of the molecule is Clc1ccccc1COc1cn[nH]c1. The molecule has 1 N–H and O–H groups in total. The summed E-state index contributed by atoms with van der Waals surface area (Å²) in [5.41, 5.74) is 0.968. The van der Waals surface area contributed by atoms with Crippen molar-refractivity contribution in [2.24, 2.45) is 0 Å². The second-order valence-electron chi connectivity index (χ2n) is 2.81.